The summed E-state index contributed by atoms with van der Waals surface area (Å²) >= 11 is 0. The van der Waals surface area contributed by atoms with Gasteiger partial charge in [-0.2, -0.15) is 0 Å². The molecule has 2 amide bonds. The lowest BCUT2D eigenvalue weighted by atomic mass is 9.44. The van der Waals surface area contributed by atoms with Gasteiger partial charge >= 0.3 is 6.03 Å². The Kier molecular flexibility index (Phi) is 8.47. The number of ketones is 4. The average molecular weight is 673 g/mol. The quantitative estimate of drug-likeness (QED) is 0.111. The number of aryl methyl sites for hydroxylation is 1. The zero-order valence-electron chi connectivity index (χ0n) is 29.3. The number of carbonyl (C=O) groups is 5. The lowest BCUT2D eigenvalue weighted by Crippen LogP contribution is -2.67. The Hall–Kier alpha value is -4.77. The van der Waals surface area contributed by atoms with Crippen LogP contribution >= 0.6 is 0 Å². The number of phenolic OH excluding ortho intramolecular Hbond substituents is 1. The molecule has 6 N–H and O–H groups in total. The molecule has 0 radical (unpaired) electrons. The van der Waals surface area contributed by atoms with E-state index in [9.17, 15) is 44.4 Å². The maximum Gasteiger partial charge on any atom is 0.323 e. The third-order valence-electron chi connectivity index (χ3n) is 10.7. The Morgan fingerprint density at radius 1 is 0.918 bits per heavy atom. The van der Waals surface area contributed by atoms with Gasteiger partial charge in [-0.1, -0.05) is 53.2 Å². The molecule has 4 atom stereocenters. The van der Waals surface area contributed by atoms with Gasteiger partial charge in [0.25, 0.3) is 0 Å². The van der Waals surface area contributed by atoms with Crippen LogP contribution in [0.4, 0.5) is 16.2 Å². The van der Waals surface area contributed by atoms with Gasteiger partial charge in [0.05, 0.1) is 16.9 Å². The van der Waals surface area contributed by atoms with Crippen molar-refractivity contribution in [2.45, 2.75) is 86.7 Å². The predicted octanol–water partition coefficient (Wildman–Crippen LogP) is 6.62. The normalized spacial score (nSPS) is 26.4. The highest BCUT2D eigenvalue weighted by molar-refractivity contribution is 6.25. The lowest BCUT2D eigenvalue weighted by Gasteiger charge is -2.59. The molecule has 0 saturated heterocycles. The topological polar surface area (TPSA) is 190 Å². The number of Topliss-reactive ketones (excluding diaryl/α,β-unsaturated/α-hetero) is 4. The first-order valence-electron chi connectivity index (χ1n) is 16.4. The molecule has 3 aliphatic carbocycles. The molecule has 0 saturated carbocycles. The van der Waals surface area contributed by atoms with E-state index in [-0.39, 0.29) is 53.0 Å². The van der Waals surface area contributed by atoms with Crippen molar-refractivity contribution >= 4 is 40.5 Å². The summed E-state index contributed by atoms with van der Waals surface area (Å²) in [5.74, 6) is -6.53. The van der Waals surface area contributed by atoms with E-state index < -0.39 is 68.6 Å². The average Bonchev–Trinajstić information content (AvgIpc) is 2.96. The van der Waals surface area contributed by atoms with Crippen LogP contribution in [0, 0.1) is 29.6 Å². The van der Waals surface area contributed by atoms with Crippen molar-refractivity contribution < 1.29 is 44.4 Å². The van der Waals surface area contributed by atoms with Crippen molar-refractivity contribution in [3.05, 3.63) is 74.7 Å². The van der Waals surface area contributed by atoms with Gasteiger partial charge in [0.15, 0.2) is 28.7 Å². The Labute approximate surface area is 285 Å². The molecule has 2 aromatic carbocycles. The fourth-order valence-electron chi connectivity index (χ4n) is 8.77. The van der Waals surface area contributed by atoms with Crippen LogP contribution in [0.25, 0.3) is 0 Å². The number of nitrogens with one attached hydrogen (secondary N) is 2. The molecule has 0 aromatic heterocycles. The number of aliphatic hydroxyl groups excluding tert-OH is 2. The number of anilines is 2. The minimum atomic E-state index is -2.73. The highest BCUT2D eigenvalue weighted by Gasteiger charge is 2.71. The number of urea groups is 1. The Bertz CT molecular complexity index is 1940. The van der Waals surface area contributed by atoms with Gasteiger partial charge in [-0.25, -0.2) is 4.79 Å². The van der Waals surface area contributed by atoms with Gasteiger partial charge in [-0.3, -0.25) is 19.2 Å². The van der Waals surface area contributed by atoms with Crippen LogP contribution in [-0.4, -0.2) is 55.2 Å². The Morgan fingerprint density at radius 3 is 2.08 bits per heavy atom. The number of hydrogen-bond acceptors (Lipinski definition) is 9. The molecule has 1 unspecified atom stereocenters. The number of benzene rings is 2. The number of rotatable bonds is 6. The van der Waals surface area contributed by atoms with Crippen LogP contribution in [0.2, 0.25) is 0 Å². The van der Waals surface area contributed by atoms with E-state index >= 15 is 0 Å². The van der Waals surface area contributed by atoms with Crippen LogP contribution in [0.15, 0.2) is 46.9 Å². The van der Waals surface area contributed by atoms with E-state index in [1.54, 1.807) is 52.0 Å². The second-order valence-corrected chi connectivity index (χ2v) is 15.0. The summed E-state index contributed by atoms with van der Waals surface area (Å²) in [7, 11) is 0. The summed E-state index contributed by atoms with van der Waals surface area (Å²) in [6.45, 7) is 14.9. The second kappa shape index (κ2) is 11.7. The zero-order chi connectivity index (χ0) is 36.7. The molecular weight excluding hydrogens is 628 g/mol. The molecule has 49 heavy (non-hydrogen) atoms. The first-order valence-corrected chi connectivity index (χ1v) is 16.4. The Morgan fingerprint density at radius 2 is 1.53 bits per heavy atom. The third-order valence-corrected chi connectivity index (χ3v) is 10.7. The van der Waals surface area contributed by atoms with Gasteiger partial charge in [0.2, 0.25) is 5.78 Å². The van der Waals surface area contributed by atoms with Crippen molar-refractivity contribution in [3.8, 4) is 5.75 Å². The number of aromatic hydroxyl groups is 1. The van der Waals surface area contributed by atoms with Crippen LogP contribution in [-0.2, 0) is 16.0 Å². The molecule has 5 rings (SSSR count). The summed E-state index contributed by atoms with van der Waals surface area (Å²) < 4.78 is 0. The van der Waals surface area contributed by atoms with E-state index in [0.29, 0.717) is 16.7 Å². The minimum absolute atomic E-state index is 0.0271. The highest BCUT2D eigenvalue weighted by Crippen LogP contribution is 2.65. The second-order valence-electron chi connectivity index (χ2n) is 15.0. The smallest absolute Gasteiger partial charge is 0.323 e. The van der Waals surface area contributed by atoms with Crippen molar-refractivity contribution in [1.29, 1.82) is 0 Å². The fourth-order valence-corrected chi connectivity index (χ4v) is 8.77. The maximum absolute atomic E-state index is 14.6. The molecular formula is C38H44N2O9. The number of hydrogen-bond donors (Lipinski definition) is 6. The largest absolute Gasteiger partial charge is 0.511 e. The third kappa shape index (κ3) is 5.08. The number of amides is 2. The molecule has 11 nitrogen and oxygen atoms in total. The first-order chi connectivity index (χ1) is 22.6. The first kappa shape index (κ1) is 35.5. The fraction of sp³-hybridized carbons (Fsp3) is 0.447. The van der Waals surface area contributed by atoms with Gasteiger partial charge < -0.3 is 31.1 Å². The van der Waals surface area contributed by atoms with E-state index in [2.05, 4.69) is 10.6 Å². The maximum atomic E-state index is 14.6. The van der Waals surface area contributed by atoms with E-state index in [0.717, 1.165) is 12.5 Å². The van der Waals surface area contributed by atoms with Crippen LogP contribution < -0.4 is 10.6 Å². The molecule has 0 spiro atoms. The van der Waals surface area contributed by atoms with Gasteiger partial charge in [0.1, 0.15) is 17.1 Å². The summed E-state index contributed by atoms with van der Waals surface area (Å²) in [4.78, 5) is 66.6. The van der Waals surface area contributed by atoms with Crippen molar-refractivity contribution in [3.63, 3.8) is 0 Å². The number of fused-ring (bicyclic) bond motifs is 3. The summed E-state index contributed by atoms with van der Waals surface area (Å²) in [6, 6.07) is 5.75. The van der Waals surface area contributed by atoms with E-state index in [1.165, 1.54) is 6.92 Å². The van der Waals surface area contributed by atoms with Gasteiger partial charge in [0, 0.05) is 27.9 Å². The summed E-state index contributed by atoms with van der Waals surface area (Å²) in [5, 5.41) is 52.4. The Balaban J connectivity index is 1.67. The van der Waals surface area contributed by atoms with Crippen molar-refractivity contribution in [2.24, 2.45) is 22.7 Å². The SMILES string of the molecule is CC(=O)C1=C(O)C(C(C)C)[C@@]2(C)C[C@@]3(C)Cc4c(C(C)C)cc(NC(=O)Nc5ccc(C)cc5C(C)=O)c(O)c4C(=O)C3=C(O)[C@@]2(O)C1=O. The number of carbonyl (C=O) groups excluding carboxylic acids is 5. The molecule has 3 aliphatic rings. The lowest BCUT2D eigenvalue weighted by molar-refractivity contribution is -0.171. The molecule has 0 fully saturated rings. The molecule has 0 heterocycles. The minimum Gasteiger partial charge on any atom is -0.511 e. The van der Waals surface area contributed by atoms with Crippen molar-refractivity contribution in [2.75, 3.05) is 10.6 Å². The predicted molar refractivity (Wildman–Crippen MR) is 183 cm³/mol. The monoisotopic (exact) mass is 672 g/mol. The van der Waals surface area contributed by atoms with Gasteiger partial charge in [-0.05, 0) is 74.8 Å². The van der Waals surface area contributed by atoms with Crippen LogP contribution in [0.1, 0.15) is 105 Å². The zero-order valence-corrected chi connectivity index (χ0v) is 29.3. The van der Waals surface area contributed by atoms with Crippen LogP contribution in [0.3, 0.4) is 0 Å². The summed E-state index contributed by atoms with van der Waals surface area (Å²) in [5.41, 5.74) is -4.14. The number of allylic oxidation sites excluding steroid dienone is 2. The number of phenols is 1. The standard InChI is InChI=1S/C38H44N2O9/c1-16(2)21-13-25(40-35(48)39-24-11-10-18(5)12-22(24)19(6)41)30(43)27-23(21)14-36(8)15-37(9)28(17(3)4)31(44)26(20(7)42)33(46)38(37,49)34(47)29(36)32(27)45/h10-13,16-17,28,43-44,47,49H,14-15H2,1-9H3,(H2,39,40,48)/t28?,36-,37-,38+/m1/s1. The molecule has 260 valence electrons. The number of aliphatic hydroxyl groups is 3. The molecule has 0 bridgehead atoms. The van der Waals surface area contributed by atoms with Crippen LogP contribution in [0.5, 0.6) is 5.75 Å². The van der Waals surface area contributed by atoms with Crippen molar-refractivity contribution in [1.82, 2.24) is 0 Å². The summed E-state index contributed by atoms with van der Waals surface area (Å²) in [6.07, 6.45) is 0.0850. The van der Waals surface area contributed by atoms with E-state index in [1.807, 2.05) is 20.8 Å². The van der Waals surface area contributed by atoms with Gasteiger partial charge in [-0.15, -0.1) is 0 Å². The molecule has 0 aliphatic heterocycles. The molecule has 11 heteroatoms. The van der Waals surface area contributed by atoms with E-state index in [4.69, 9.17) is 0 Å². The molecule has 2 aromatic rings. The highest BCUT2D eigenvalue weighted by atomic mass is 16.3.